The molecule has 1 N–H and O–H groups in total. The number of hydrogen-bond donors (Lipinski definition) is 1. The molecule has 4 aliphatic carbocycles. The Kier molecular flexibility index (Phi) is 8.36. The van der Waals surface area contributed by atoms with Gasteiger partial charge in [0.1, 0.15) is 15.9 Å². The molecule has 4 aliphatic rings. The minimum absolute atomic E-state index is 0. The average Bonchev–Trinajstić information content (AvgIpc) is 2.48. The van der Waals surface area contributed by atoms with Crippen molar-refractivity contribution >= 4 is 10.1 Å². The van der Waals surface area contributed by atoms with Gasteiger partial charge in [-0.1, -0.05) is 37.3 Å². The number of allylic oxidation sites excluding steroid dienone is 12. The smallest absolute Gasteiger partial charge is 0.744 e. The topological polar surface area (TPSA) is 77.4 Å². The summed E-state index contributed by atoms with van der Waals surface area (Å²) >= 11 is 0. The SMILES string of the molecule is CC1=CC(O)=C2C=CC3=C4C(=CC=C1C24)C(C)C=C3S(=O)(=O)[O-].[Na+].[Na+].[Na+]. The van der Waals surface area contributed by atoms with Crippen LogP contribution in [0.2, 0.25) is 0 Å². The zero-order valence-electron chi connectivity index (χ0n) is 15.7. The molecule has 4 rings (SSSR count). The molecule has 4 nitrogen and oxygen atoms in total. The van der Waals surface area contributed by atoms with Gasteiger partial charge in [0, 0.05) is 17.4 Å². The normalized spacial score (nSPS) is 25.5. The van der Waals surface area contributed by atoms with Crippen molar-refractivity contribution in [1.82, 2.24) is 0 Å². The molecule has 0 spiro atoms. The zero-order valence-corrected chi connectivity index (χ0v) is 22.5. The fourth-order valence-electron chi connectivity index (χ4n) is 3.88. The van der Waals surface area contributed by atoms with E-state index < -0.39 is 10.1 Å². The van der Waals surface area contributed by atoms with E-state index in [9.17, 15) is 18.1 Å². The first kappa shape index (κ1) is 24.9. The van der Waals surface area contributed by atoms with E-state index in [-0.39, 0.29) is 111 Å². The summed E-state index contributed by atoms with van der Waals surface area (Å²) in [5.41, 5.74) is 5.04. The second-order valence-corrected chi connectivity index (χ2v) is 7.63. The molecule has 118 valence electrons. The molecule has 0 aromatic heterocycles. The van der Waals surface area contributed by atoms with Crippen molar-refractivity contribution in [3.63, 3.8) is 0 Å². The van der Waals surface area contributed by atoms with E-state index in [2.05, 4.69) is 0 Å². The van der Waals surface area contributed by atoms with E-state index in [4.69, 9.17) is 0 Å². The van der Waals surface area contributed by atoms with Gasteiger partial charge in [-0.05, 0) is 40.9 Å². The molecular formula is C18H15Na3O4S+2. The van der Waals surface area contributed by atoms with Crippen LogP contribution >= 0.6 is 0 Å². The van der Waals surface area contributed by atoms with Crippen molar-refractivity contribution in [3.8, 4) is 0 Å². The Bertz CT molecular complexity index is 976. The molecule has 0 aliphatic heterocycles. The fourth-order valence-corrected chi connectivity index (χ4v) is 4.70. The van der Waals surface area contributed by atoms with Crippen LogP contribution in [0.3, 0.4) is 0 Å². The molecule has 0 fully saturated rings. The zero-order chi connectivity index (χ0) is 16.5. The molecule has 0 saturated carbocycles. The summed E-state index contributed by atoms with van der Waals surface area (Å²) in [6.45, 7) is 3.80. The number of hydrogen-bond acceptors (Lipinski definition) is 4. The van der Waals surface area contributed by atoms with E-state index in [1.165, 1.54) is 6.08 Å². The van der Waals surface area contributed by atoms with Gasteiger partial charge in [0.2, 0.25) is 0 Å². The maximum absolute atomic E-state index is 11.7. The molecule has 0 heterocycles. The van der Waals surface area contributed by atoms with Gasteiger partial charge in [-0.25, -0.2) is 8.42 Å². The molecule has 2 atom stereocenters. The molecule has 26 heavy (non-hydrogen) atoms. The molecule has 0 saturated heterocycles. The van der Waals surface area contributed by atoms with E-state index in [0.29, 0.717) is 5.57 Å². The van der Waals surface area contributed by atoms with Crippen molar-refractivity contribution in [2.45, 2.75) is 13.8 Å². The van der Waals surface area contributed by atoms with E-state index in [1.807, 2.05) is 26.0 Å². The van der Waals surface area contributed by atoms with Gasteiger partial charge in [0.25, 0.3) is 0 Å². The minimum atomic E-state index is -4.55. The third-order valence-electron chi connectivity index (χ3n) is 4.91. The van der Waals surface area contributed by atoms with E-state index in [1.54, 1.807) is 18.2 Å². The second kappa shape index (κ2) is 8.72. The Morgan fingerprint density at radius 2 is 1.69 bits per heavy atom. The summed E-state index contributed by atoms with van der Waals surface area (Å²) in [5, 5.41) is 10.3. The van der Waals surface area contributed by atoms with Gasteiger partial charge in [-0.15, -0.1) is 0 Å². The Balaban J connectivity index is 0.00000113. The van der Waals surface area contributed by atoms with Gasteiger partial charge < -0.3 is 9.66 Å². The first-order chi connectivity index (χ1) is 10.8. The number of rotatable bonds is 1. The summed E-state index contributed by atoms with van der Waals surface area (Å²) in [6.07, 6.45) is 10.6. The van der Waals surface area contributed by atoms with Crippen molar-refractivity contribution in [1.29, 1.82) is 0 Å². The Morgan fingerprint density at radius 3 is 2.31 bits per heavy atom. The van der Waals surface area contributed by atoms with Crippen molar-refractivity contribution < 1.29 is 107 Å². The standard InChI is InChI=1S/C18H16O4S.3Na/c1-9-7-15(19)13-5-6-14-16(23(20,21)22)8-10(2)12-4-3-11(9)17(13)18(12)14;;;/h3-8,10,17,19H,1-2H3,(H,20,21,22);;;/q;3*+1/p-1. The quantitative estimate of drug-likeness (QED) is 0.354. The molecular weight excluding hydrogens is 381 g/mol. The van der Waals surface area contributed by atoms with Crippen LogP contribution in [0.25, 0.3) is 0 Å². The van der Waals surface area contributed by atoms with Crippen LogP contribution < -0.4 is 88.7 Å². The monoisotopic (exact) mass is 396 g/mol. The van der Waals surface area contributed by atoms with E-state index in [0.717, 1.165) is 27.9 Å². The maximum atomic E-state index is 11.7. The summed E-state index contributed by atoms with van der Waals surface area (Å²) in [7, 11) is -4.55. The largest absolute Gasteiger partial charge is 1.00 e. The predicted molar refractivity (Wildman–Crippen MR) is 86.2 cm³/mol. The number of aliphatic hydroxyl groups is 1. The number of aliphatic hydroxyl groups excluding tert-OH is 1. The van der Waals surface area contributed by atoms with Gasteiger partial charge in [0.15, 0.2) is 0 Å². The van der Waals surface area contributed by atoms with Gasteiger partial charge in [-0.3, -0.25) is 0 Å². The molecule has 0 aromatic carbocycles. The van der Waals surface area contributed by atoms with Gasteiger partial charge in [0.05, 0.1) is 4.91 Å². The molecule has 8 heteroatoms. The molecule has 0 radical (unpaired) electrons. The van der Waals surface area contributed by atoms with Crippen LogP contribution in [0.5, 0.6) is 0 Å². The first-order valence-electron chi connectivity index (χ1n) is 7.43. The Morgan fingerprint density at radius 1 is 1.08 bits per heavy atom. The average molecular weight is 396 g/mol. The summed E-state index contributed by atoms with van der Waals surface area (Å²) < 4.78 is 35.0. The van der Waals surface area contributed by atoms with Crippen LogP contribution in [0.1, 0.15) is 13.8 Å². The third-order valence-corrected chi connectivity index (χ3v) is 5.81. The maximum Gasteiger partial charge on any atom is 1.00 e. The molecule has 2 unspecified atom stereocenters. The Hall–Kier alpha value is 0.890. The fraction of sp³-hybridized carbons (Fsp3) is 0.222. The van der Waals surface area contributed by atoms with Crippen LogP contribution in [-0.4, -0.2) is 18.1 Å². The summed E-state index contributed by atoms with van der Waals surface area (Å²) in [5.74, 6) is -0.165. The van der Waals surface area contributed by atoms with Gasteiger partial charge >= 0.3 is 88.7 Å². The van der Waals surface area contributed by atoms with Crippen molar-refractivity contribution in [3.05, 3.63) is 80.6 Å². The molecule has 0 aromatic rings. The first-order valence-corrected chi connectivity index (χ1v) is 8.84. The summed E-state index contributed by atoms with van der Waals surface area (Å²) in [6, 6.07) is 0. The molecule has 0 bridgehead atoms. The van der Waals surface area contributed by atoms with Crippen LogP contribution in [0.15, 0.2) is 80.6 Å². The summed E-state index contributed by atoms with van der Waals surface area (Å²) in [4.78, 5) is -0.152. The second-order valence-electron chi connectivity index (χ2n) is 6.28. The minimum Gasteiger partial charge on any atom is -0.744 e. The van der Waals surface area contributed by atoms with Crippen LogP contribution in [-0.2, 0) is 10.1 Å². The van der Waals surface area contributed by atoms with Crippen LogP contribution in [0, 0.1) is 11.8 Å². The van der Waals surface area contributed by atoms with Crippen molar-refractivity contribution in [2.75, 3.05) is 0 Å². The van der Waals surface area contributed by atoms with Gasteiger partial charge in [-0.2, -0.15) is 0 Å². The predicted octanol–water partition coefficient (Wildman–Crippen LogP) is -5.80. The third kappa shape index (κ3) is 3.83. The van der Waals surface area contributed by atoms with E-state index >= 15 is 0 Å². The van der Waals surface area contributed by atoms with Crippen molar-refractivity contribution in [2.24, 2.45) is 11.8 Å². The Labute approximate surface area is 220 Å². The van der Waals surface area contributed by atoms with Crippen LogP contribution in [0.4, 0.5) is 0 Å². The molecule has 0 amide bonds.